The molecule has 1 saturated carbocycles. The number of carboxylic acid groups (broad SMARTS) is 1. The van der Waals surface area contributed by atoms with E-state index in [4.69, 9.17) is 9.47 Å². The van der Waals surface area contributed by atoms with Gasteiger partial charge in [-0.05, 0) is 57.3 Å². The highest BCUT2D eigenvalue weighted by atomic mass is 16.5. The van der Waals surface area contributed by atoms with Crippen LogP contribution in [0.2, 0.25) is 0 Å². The molecule has 3 N–H and O–H groups in total. The van der Waals surface area contributed by atoms with Gasteiger partial charge in [-0.25, -0.2) is 14.8 Å². The van der Waals surface area contributed by atoms with E-state index < -0.39 is 5.97 Å². The van der Waals surface area contributed by atoms with Crippen molar-refractivity contribution < 1.29 is 19.4 Å². The number of hydrogen-bond donors (Lipinski definition) is 3. The van der Waals surface area contributed by atoms with E-state index in [1.807, 2.05) is 36.4 Å². The number of methoxy groups -OCH3 is 1. The Kier molecular flexibility index (Phi) is 6.74. The predicted octanol–water partition coefficient (Wildman–Crippen LogP) is 4.69. The number of pyridine rings is 1. The first kappa shape index (κ1) is 24.3. The molecule has 10 nitrogen and oxygen atoms in total. The van der Waals surface area contributed by atoms with Crippen molar-refractivity contribution in [2.24, 2.45) is 0 Å². The Morgan fingerprint density at radius 3 is 2.59 bits per heavy atom. The van der Waals surface area contributed by atoms with E-state index in [1.165, 1.54) is 0 Å². The van der Waals surface area contributed by atoms with Gasteiger partial charge in [0, 0.05) is 29.4 Å². The van der Waals surface area contributed by atoms with Crippen LogP contribution in [0, 0.1) is 0 Å². The first-order valence-electron chi connectivity index (χ1n) is 11.9. The van der Waals surface area contributed by atoms with Crippen molar-refractivity contribution in [3.8, 4) is 11.5 Å². The Bertz CT molecular complexity index is 1440. The average molecular weight is 501 g/mol. The van der Waals surface area contributed by atoms with E-state index in [0.29, 0.717) is 40.5 Å². The Morgan fingerprint density at radius 2 is 1.84 bits per heavy atom. The van der Waals surface area contributed by atoms with Crippen molar-refractivity contribution in [2.45, 2.75) is 25.0 Å². The number of aromatic nitrogens is 3. The number of aromatic carboxylic acids is 1. The number of anilines is 4. The summed E-state index contributed by atoms with van der Waals surface area (Å²) in [7, 11) is 5.77. The van der Waals surface area contributed by atoms with Crippen LogP contribution >= 0.6 is 0 Å². The lowest BCUT2D eigenvalue weighted by Gasteiger charge is -2.39. The molecule has 0 amide bonds. The van der Waals surface area contributed by atoms with Gasteiger partial charge in [0.2, 0.25) is 5.95 Å². The van der Waals surface area contributed by atoms with E-state index in [1.54, 1.807) is 31.5 Å². The van der Waals surface area contributed by atoms with Crippen molar-refractivity contribution in [2.75, 3.05) is 31.8 Å². The fourth-order valence-corrected chi connectivity index (χ4v) is 4.21. The summed E-state index contributed by atoms with van der Waals surface area (Å²) in [6.45, 7) is 0. The lowest BCUT2D eigenvalue weighted by atomic mass is 9.88. The van der Waals surface area contributed by atoms with Crippen LogP contribution in [0.1, 0.15) is 23.3 Å². The van der Waals surface area contributed by atoms with Gasteiger partial charge in [0.15, 0.2) is 17.2 Å². The summed E-state index contributed by atoms with van der Waals surface area (Å²) in [4.78, 5) is 27.1. The van der Waals surface area contributed by atoms with E-state index >= 15 is 0 Å². The molecule has 5 rings (SSSR count). The van der Waals surface area contributed by atoms with E-state index in [0.717, 1.165) is 23.9 Å². The smallest absolute Gasteiger partial charge is 0.356 e. The third-order valence-electron chi connectivity index (χ3n) is 6.36. The first-order valence-corrected chi connectivity index (χ1v) is 11.9. The molecule has 1 aliphatic rings. The zero-order chi connectivity index (χ0) is 25.9. The lowest BCUT2D eigenvalue weighted by molar-refractivity contribution is 0.0383. The van der Waals surface area contributed by atoms with Gasteiger partial charge in [-0.2, -0.15) is 4.98 Å². The number of ether oxygens (including phenoxy) is 2. The number of nitrogens with one attached hydrogen (secondary N) is 2. The largest absolute Gasteiger partial charge is 0.493 e. The molecular formula is C27H28N6O4. The van der Waals surface area contributed by atoms with Crippen LogP contribution in [-0.2, 0) is 0 Å². The molecule has 2 aromatic heterocycles. The standard InChI is InChI=1S/C27H28N6O4/c1-33(2)18-14-19(15-18)37-22-9-8-17(13-23(22)36-3)29-27-28-11-10-24(32-27)30-21-12-16-6-4-5-7-20(16)31-25(21)26(34)35/h4-13,18-19H,14-15H2,1-3H3,(H,34,35)(H2,28,29,30,32). The number of rotatable bonds is 9. The number of para-hydroxylation sites is 1. The fourth-order valence-electron chi connectivity index (χ4n) is 4.21. The second kappa shape index (κ2) is 10.3. The summed E-state index contributed by atoms with van der Waals surface area (Å²) >= 11 is 0. The molecule has 0 aliphatic heterocycles. The van der Waals surface area contributed by atoms with Crippen molar-refractivity contribution >= 4 is 40.0 Å². The van der Waals surface area contributed by atoms with Gasteiger partial charge >= 0.3 is 5.97 Å². The highest BCUT2D eigenvalue weighted by Gasteiger charge is 2.32. The number of fused-ring (bicyclic) bond motifs is 1. The normalized spacial score (nSPS) is 16.8. The van der Waals surface area contributed by atoms with Crippen LogP contribution in [-0.4, -0.2) is 64.3 Å². The van der Waals surface area contributed by atoms with Gasteiger partial charge in [0.25, 0.3) is 0 Å². The summed E-state index contributed by atoms with van der Waals surface area (Å²) < 4.78 is 11.7. The topological polar surface area (TPSA) is 122 Å². The maximum absolute atomic E-state index is 11.8. The molecule has 10 heteroatoms. The number of carboxylic acids is 1. The molecule has 2 heterocycles. The second-order valence-electron chi connectivity index (χ2n) is 9.09. The van der Waals surface area contributed by atoms with Crippen molar-refractivity contribution in [1.29, 1.82) is 0 Å². The van der Waals surface area contributed by atoms with Gasteiger partial charge < -0.3 is 30.1 Å². The second-order valence-corrected chi connectivity index (χ2v) is 9.09. The van der Waals surface area contributed by atoms with Crippen LogP contribution in [0.5, 0.6) is 11.5 Å². The third kappa shape index (κ3) is 5.39. The van der Waals surface area contributed by atoms with Crippen molar-refractivity contribution in [3.05, 3.63) is 66.5 Å². The molecule has 190 valence electrons. The Morgan fingerprint density at radius 1 is 1.03 bits per heavy atom. The van der Waals surface area contributed by atoms with E-state index in [-0.39, 0.29) is 11.8 Å². The molecule has 37 heavy (non-hydrogen) atoms. The molecule has 1 aliphatic carbocycles. The predicted molar refractivity (Wildman–Crippen MR) is 141 cm³/mol. The molecule has 0 saturated heterocycles. The van der Waals surface area contributed by atoms with Gasteiger partial charge in [-0.3, -0.25) is 0 Å². The minimum Gasteiger partial charge on any atom is -0.493 e. The van der Waals surface area contributed by atoms with Gasteiger partial charge in [-0.1, -0.05) is 18.2 Å². The first-order chi connectivity index (χ1) is 17.9. The summed E-state index contributed by atoms with van der Waals surface area (Å²) in [5.41, 5.74) is 1.58. The highest BCUT2D eigenvalue weighted by Crippen LogP contribution is 2.36. The summed E-state index contributed by atoms with van der Waals surface area (Å²) in [5, 5.41) is 16.7. The molecule has 4 aromatic rings. The maximum atomic E-state index is 11.8. The Labute approximate surface area is 214 Å². The minimum absolute atomic E-state index is 0.0875. The summed E-state index contributed by atoms with van der Waals surface area (Å²) in [6, 6.07) is 16.9. The molecule has 1 fully saturated rings. The minimum atomic E-state index is -1.13. The molecular weight excluding hydrogens is 472 g/mol. The third-order valence-corrected chi connectivity index (χ3v) is 6.36. The Balaban J connectivity index is 1.31. The molecule has 0 bridgehead atoms. The maximum Gasteiger partial charge on any atom is 0.356 e. The van der Waals surface area contributed by atoms with Crippen LogP contribution in [0.3, 0.4) is 0 Å². The highest BCUT2D eigenvalue weighted by molar-refractivity contribution is 5.97. The van der Waals surface area contributed by atoms with Gasteiger partial charge in [0.1, 0.15) is 11.9 Å². The lowest BCUT2D eigenvalue weighted by Crippen LogP contribution is -2.46. The monoisotopic (exact) mass is 500 g/mol. The number of hydrogen-bond acceptors (Lipinski definition) is 9. The summed E-state index contributed by atoms with van der Waals surface area (Å²) in [5.74, 6) is 0.926. The zero-order valence-corrected chi connectivity index (χ0v) is 20.8. The SMILES string of the molecule is COc1cc(Nc2nccc(Nc3cc4ccccc4nc3C(=O)O)n2)ccc1OC1CC(N(C)C)C1. The fraction of sp³-hybridized carbons (Fsp3) is 0.259. The average Bonchev–Trinajstić information content (AvgIpc) is 2.86. The van der Waals surface area contributed by atoms with Gasteiger partial charge in [-0.15, -0.1) is 0 Å². The van der Waals surface area contributed by atoms with Gasteiger partial charge in [0.05, 0.1) is 18.3 Å². The number of carbonyl (C=O) groups is 1. The van der Waals surface area contributed by atoms with Crippen LogP contribution in [0.25, 0.3) is 10.9 Å². The van der Waals surface area contributed by atoms with E-state index in [9.17, 15) is 9.90 Å². The number of nitrogens with zero attached hydrogens (tertiary/aromatic N) is 4. The Hall–Kier alpha value is -4.44. The molecule has 2 aromatic carbocycles. The summed E-state index contributed by atoms with van der Waals surface area (Å²) in [6.07, 6.45) is 3.73. The zero-order valence-electron chi connectivity index (χ0n) is 20.8. The molecule has 0 unspecified atom stereocenters. The van der Waals surface area contributed by atoms with Crippen molar-refractivity contribution in [1.82, 2.24) is 19.9 Å². The quantitative estimate of drug-likeness (QED) is 0.298. The van der Waals surface area contributed by atoms with Crippen molar-refractivity contribution in [3.63, 3.8) is 0 Å². The molecule has 0 radical (unpaired) electrons. The molecule has 0 spiro atoms. The molecule has 0 atom stereocenters. The number of benzene rings is 2. The van der Waals surface area contributed by atoms with Crippen LogP contribution in [0.4, 0.5) is 23.1 Å². The van der Waals surface area contributed by atoms with Crippen LogP contribution in [0.15, 0.2) is 60.8 Å². The van der Waals surface area contributed by atoms with E-state index in [2.05, 4.69) is 44.6 Å². The van der Waals surface area contributed by atoms with Crippen LogP contribution < -0.4 is 20.1 Å².